The highest BCUT2D eigenvalue weighted by Gasteiger charge is 2.61. The number of aromatic nitrogens is 1. The lowest BCUT2D eigenvalue weighted by molar-refractivity contribution is -0.177. The van der Waals surface area contributed by atoms with Crippen LogP contribution >= 0.6 is 11.3 Å². The van der Waals surface area contributed by atoms with Crippen LogP contribution in [-0.2, 0) is 25.7 Å². The molecule has 0 spiro atoms. The molecule has 1 aromatic heterocycles. The van der Waals surface area contributed by atoms with E-state index >= 15 is 0 Å². The Morgan fingerprint density at radius 1 is 1.14 bits per heavy atom. The predicted molar refractivity (Wildman–Crippen MR) is 131 cm³/mol. The highest BCUT2D eigenvalue weighted by molar-refractivity contribution is 7.14. The summed E-state index contributed by atoms with van der Waals surface area (Å²) < 4.78 is 11.3. The average Bonchev–Trinajstić information content (AvgIpc) is 3.24. The highest BCUT2D eigenvalue weighted by atomic mass is 32.1. The molecule has 2 amide bonds. The molecule has 2 atom stereocenters. The molecule has 4 saturated carbocycles. The van der Waals surface area contributed by atoms with E-state index in [1.165, 1.54) is 23.2 Å². The third kappa shape index (κ3) is 4.42. The average molecular weight is 498 g/mol. The quantitative estimate of drug-likeness (QED) is 0.571. The molecular weight excluding hydrogens is 466 g/mol. The Hall–Kier alpha value is -2.94. The molecule has 2 unspecified atom stereocenters. The molecule has 4 fully saturated rings. The zero-order valence-electron chi connectivity index (χ0n) is 20.3. The molecule has 4 aliphatic carbocycles. The van der Waals surface area contributed by atoms with Crippen LogP contribution in [0.5, 0.6) is 5.75 Å². The SMILES string of the molecule is COc1ccccc1N(C(C)=O)c1nc(COC(=O)C23CC4CC(CC(NC(C)=O)(C4)C2)C3)cs1. The number of nitrogens with zero attached hydrogens (tertiary/aromatic N) is 2. The number of nitrogens with one attached hydrogen (secondary N) is 1. The van der Waals surface area contributed by atoms with Gasteiger partial charge in [-0.15, -0.1) is 11.3 Å². The van der Waals surface area contributed by atoms with Gasteiger partial charge in [0.2, 0.25) is 11.8 Å². The van der Waals surface area contributed by atoms with Crippen LogP contribution < -0.4 is 15.0 Å². The van der Waals surface area contributed by atoms with E-state index in [2.05, 4.69) is 10.3 Å². The van der Waals surface area contributed by atoms with Gasteiger partial charge in [0, 0.05) is 24.8 Å². The summed E-state index contributed by atoms with van der Waals surface area (Å²) in [5.74, 6) is 1.06. The van der Waals surface area contributed by atoms with Crippen molar-refractivity contribution in [3.05, 3.63) is 35.3 Å². The standard InChI is InChI=1S/C26H31N3O5S/c1-16(30)28-26-11-18-8-19(12-26)10-25(9-18,15-26)23(32)34-13-20-14-35-24(27-20)29(17(2)31)21-6-4-5-7-22(21)33-3/h4-7,14,18-19H,8-13,15H2,1-3H3,(H,28,30). The van der Waals surface area contributed by atoms with Gasteiger partial charge in [0.25, 0.3) is 0 Å². The molecular formula is C26H31N3O5S. The first-order valence-electron chi connectivity index (χ1n) is 12.1. The predicted octanol–water partition coefficient (Wildman–Crippen LogP) is 4.35. The van der Waals surface area contributed by atoms with Gasteiger partial charge in [-0.2, -0.15) is 0 Å². The fourth-order valence-corrected chi connectivity index (χ4v) is 7.87. The van der Waals surface area contributed by atoms with Crippen molar-refractivity contribution in [3.63, 3.8) is 0 Å². The summed E-state index contributed by atoms with van der Waals surface area (Å²) in [6, 6.07) is 7.28. The van der Waals surface area contributed by atoms with Crippen LogP contribution in [0.1, 0.15) is 58.1 Å². The maximum Gasteiger partial charge on any atom is 0.312 e. The summed E-state index contributed by atoms with van der Waals surface area (Å²) in [6.45, 7) is 3.08. The maximum absolute atomic E-state index is 13.4. The number of amides is 2. The Bertz CT molecular complexity index is 1150. The molecule has 1 N–H and O–H groups in total. The molecule has 0 aliphatic heterocycles. The lowest BCUT2D eigenvalue weighted by atomic mass is 9.47. The van der Waals surface area contributed by atoms with Crippen LogP contribution in [0, 0.1) is 17.3 Å². The van der Waals surface area contributed by atoms with E-state index in [4.69, 9.17) is 9.47 Å². The highest BCUT2D eigenvalue weighted by Crippen LogP contribution is 2.62. The number of methoxy groups -OCH3 is 1. The fourth-order valence-electron chi connectivity index (χ4n) is 7.00. The number of ether oxygens (including phenoxy) is 2. The molecule has 186 valence electrons. The van der Waals surface area contributed by atoms with E-state index in [1.807, 2.05) is 17.5 Å². The Morgan fingerprint density at radius 2 is 1.86 bits per heavy atom. The van der Waals surface area contributed by atoms with Crippen LogP contribution in [-0.4, -0.2) is 35.4 Å². The zero-order valence-corrected chi connectivity index (χ0v) is 21.2. The van der Waals surface area contributed by atoms with Gasteiger partial charge >= 0.3 is 5.97 Å². The number of para-hydroxylation sites is 2. The van der Waals surface area contributed by atoms with Gasteiger partial charge in [-0.1, -0.05) is 12.1 Å². The van der Waals surface area contributed by atoms with Crippen molar-refractivity contribution < 1.29 is 23.9 Å². The molecule has 9 heteroatoms. The van der Waals surface area contributed by atoms with Gasteiger partial charge in [0.1, 0.15) is 12.4 Å². The minimum absolute atomic E-state index is 0.0319. The Balaban J connectivity index is 1.30. The third-order valence-electron chi connectivity index (χ3n) is 7.66. The summed E-state index contributed by atoms with van der Waals surface area (Å²) in [4.78, 5) is 43.9. The number of carbonyl (C=O) groups is 3. The number of thiazole rings is 1. The molecule has 1 heterocycles. The van der Waals surface area contributed by atoms with E-state index in [0.717, 1.165) is 32.1 Å². The van der Waals surface area contributed by atoms with E-state index in [-0.39, 0.29) is 29.9 Å². The number of esters is 1. The molecule has 2 aromatic rings. The minimum Gasteiger partial charge on any atom is -0.495 e. The second-order valence-corrected chi connectivity index (χ2v) is 11.3. The largest absolute Gasteiger partial charge is 0.495 e. The number of carbonyl (C=O) groups excluding carboxylic acids is 3. The Labute approximate surface area is 209 Å². The summed E-state index contributed by atoms with van der Waals surface area (Å²) >= 11 is 1.32. The van der Waals surface area contributed by atoms with Crippen molar-refractivity contribution in [2.45, 2.75) is 64.5 Å². The molecule has 4 bridgehead atoms. The van der Waals surface area contributed by atoms with E-state index in [9.17, 15) is 14.4 Å². The minimum atomic E-state index is -0.534. The summed E-state index contributed by atoms with van der Waals surface area (Å²) in [6.07, 6.45) is 5.36. The summed E-state index contributed by atoms with van der Waals surface area (Å²) in [7, 11) is 1.56. The van der Waals surface area contributed by atoms with Crippen LogP contribution in [0.3, 0.4) is 0 Å². The lowest BCUT2D eigenvalue weighted by Gasteiger charge is -2.60. The zero-order chi connectivity index (χ0) is 24.8. The number of anilines is 2. The van der Waals surface area contributed by atoms with Gasteiger partial charge in [0.05, 0.1) is 23.9 Å². The van der Waals surface area contributed by atoms with Gasteiger partial charge in [-0.3, -0.25) is 19.3 Å². The molecule has 35 heavy (non-hydrogen) atoms. The van der Waals surface area contributed by atoms with Gasteiger partial charge < -0.3 is 14.8 Å². The first kappa shape index (κ1) is 23.8. The topological polar surface area (TPSA) is 97.8 Å². The second kappa shape index (κ2) is 8.93. The van der Waals surface area contributed by atoms with Crippen molar-refractivity contribution in [2.24, 2.45) is 17.3 Å². The third-order valence-corrected chi connectivity index (χ3v) is 8.53. The van der Waals surface area contributed by atoms with Crippen molar-refractivity contribution >= 4 is 39.9 Å². The van der Waals surface area contributed by atoms with Gasteiger partial charge in [-0.25, -0.2) is 4.98 Å². The van der Waals surface area contributed by atoms with Crippen LogP contribution in [0.2, 0.25) is 0 Å². The number of benzene rings is 1. The Kier molecular flexibility index (Phi) is 6.07. The molecule has 8 nitrogen and oxygen atoms in total. The fraction of sp³-hybridized carbons (Fsp3) is 0.538. The monoisotopic (exact) mass is 497 g/mol. The normalized spacial score (nSPS) is 28.4. The van der Waals surface area contributed by atoms with Crippen LogP contribution in [0.15, 0.2) is 29.6 Å². The number of rotatable bonds is 7. The van der Waals surface area contributed by atoms with Crippen molar-refractivity contribution in [3.8, 4) is 5.75 Å². The van der Waals surface area contributed by atoms with Crippen molar-refractivity contribution in [1.29, 1.82) is 0 Å². The van der Waals surface area contributed by atoms with E-state index < -0.39 is 5.41 Å². The van der Waals surface area contributed by atoms with Gasteiger partial charge in [0.15, 0.2) is 5.13 Å². The van der Waals surface area contributed by atoms with Crippen molar-refractivity contribution in [1.82, 2.24) is 10.3 Å². The van der Waals surface area contributed by atoms with Crippen LogP contribution in [0.4, 0.5) is 10.8 Å². The molecule has 0 radical (unpaired) electrons. The molecule has 1 aromatic carbocycles. The lowest BCUT2D eigenvalue weighted by Crippen LogP contribution is -2.64. The van der Waals surface area contributed by atoms with Crippen molar-refractivity contribution in [2.75, 3.05) is 12.0 Å². The molecule has 0 saturated heterocycles. The molecule has 6 rings (SSSR count). The maximum atomic E-state index is 13.4. The smallest absolute Gasteiger partial charge is 0.312 e. The summed E-state index contributed by atoms with van der Waals surface area (Å²) in [5, 5.41) is 5.49. The van der Waals surface area contributed by atoms with E-state index in [0.29, 0.717) is 40.5 Å². The Morgan fingerprint density at radius 3 is 2.51 bits per heavy atom. The van der Waals surface area contributed by atoms with E-state index in [1.54, 1.807) is 26.2 Å². The second-order valence-electron chi connectivity index (χ2n) is 10.4. The number of hydrogen-bond acceptors (Lipinski definition) is 7. The first-order valence-corrected chi connectivity index (χ1v) is 12.9. The van der Waals surface area contributed by atoms with Crippen LogP contribution in [0.25, 0.3) is 0 Å². The first-order chi connectivity index (χ1) is 16.7. The molecule has 4 aliphatic rings. The summed E-state index contributed by atoms with van der Waals surface area (Å²) in [5.41, 5.74) is 0.395. The van der Waals surface area contributed by atoms with Gasteiger partial charge in [-0.05, 0) is 62.5 Å². The number of hydrogen-bond donors (Lipinski definition) is 1.